The van der Waals surface area contributed by atoms with Crippen LogP contribution < -0.4 is 9.47 Å². The Morgan fingerprint density at radius 2 is 2.12 bits per heavy atom. The average Bonchev–Trinajstić information content (AvgIpc) is 2.29. The third-order valence-corrected chi connectivity index (χ3v) is 3.46. The van der Waals surface area contributed by atoms with E-state index in [2.05, 4.69) is 15.9 Å². The largest absolute Gasteiger partial charge is 0.495 e. The summed E-state index contributed by atoms with van der Waals surface area (Å²) in [6.07, 6.45) is 0.548. The number of carbonyl (C=O) groups is 1. The normalized spacial score (nSPS) is 18.4. The zero-order valence-electron chi connectivity index (χ0n) is 9.87. The van der Waals surface area contributed by atoms with E-state index in [1.165, 1.54) is 7.11 Å². The smallest absolute Gasteiger partial charge is 0.342 e. The van der Waals surface area contributed by atoms with Gasteiger partial charge in [0.15, 0.2) is 5.75 Å². The second kappa shape index (κ2) is 4.56. The topological polar surface area (TPSA) is 44.8 Å². The van der Waals surface area contributed by atoms with Crippen LogP contribution in [-0.2, 0) is 11.2 Å². The maximum Gasteiger partial charge on any atom is 0.342 e. The molecule has 0 saturated heterocycles. The number of benzene rings is 1. The molecule has 0 unspecified atom stereocenters. The molecule has 0 amide bonds. The van der Waals surface area contributed by atoms with Crippen molar-refractivity contribution < 1.29 is 19.0 Å². The van der Waals surface area contributed by atoms with Gasteiger partial charge in [0.1, 0.15) is 21.9 Å². The van der Waals surface area contributed by atoms with E-state index in [0.29, 0.717) is 28.0 Å². The highest BCUT2D eigenvalue weighted by Crippen LogP contribution is 2.41. The minimum absolute atomic E-state index is 0.120. The number of rotatable bonds is 2. The quantitative estimate of drug-likeness (QED) is 0.788. The zero-order valence-corrected chi connectivity index (χ0v) is 11.5. The number of fused-ring (bicyclic) bond motifs is 1. The molecule has 1 aromatic carbocycles. The van der Waals surface area contributed by atoms with Crippen molar-refractivity contribution in [2.24, 2.45) is 0 Å². The maximum atomic E-state index is 11.9. The van der Waals surface area contributed by atoms with Gasteiger partial charge in [-0.1, -0.05) is 0 Å². The Kier molecular flexibility index (Phi) is 3.28. The van der Waals surface area contributed by atoms with E-state index in [9.17, 15) is 4.79 Å². The summed E-state index contributed by atoms with van der Waals surface area (Å²) >= 11 is 3.37. The second-order valence-corrected chi connectivity index (χ2v) is 4.67. The molecular formula is C12H13BrO4. The first-order valence-corrected chi connectivity index (χ1v) is 6.02. The summed E-state index contributed by atoms with van der Waals surface area (Å²) in [5.41, 5.74) is 1.38. The molecule has 4 nitrogen and oxygen atoms in total. The Bertz CT molecular complexity index is 470. The van der Waals surface area contributed by atoms with Crippen molar-refractivity contribution in [3.8, 4) is 11.5 Å². The fourth-order valence-corrected chi connectivity index (χ4v) is 2.62. The molecule has 92 valence electrons. The van der Waals surface area contributed by atoms with Crippen LogP contribution >= 0.6 is 15.9 Å². The van der Waals surface area contributed by atoms with Gasteiger partial charge in [-0.15, -0.1) is 0 Å². The van der Waals surface area contributed by atoms with Crippen molar-refractivity contribution in [1.82, 2.24) is 0 Å². The first kappa shape index (κ1) is 12.2. The number of ether oxygens (including phenoxy) is 3. The minimum Gasteiger partial charge on any atom is -0.495 e. The summed E-state index contributed by atoms with van der Waals surface area (Å²) in [5.74, 6) is 0.776. The van der Waals surface area contributed by atoms with Gasteiger partial charge in [-0.25, -0.2) is 4.79 Å². The number of halogens is 1. The van der Waals surface area contributed by atoms with Crippen molar-refractivity contribution >= 4 is 21.9 Å². The van der Waals surface area contributed by atoms with E-state index < -0.39 is 0 Å². The number of esters is 1. The van der Waals surface area contributed by atoms with Crippen molar-refractivity contribution in [2.45, 2.75) is 19.4 Å². The molecule has 0 aromatic heterocycles. The third kappa shape index (κ3) is 1.99. The van der Waals surface area contributed by atoms with Gasteiger partial charge in [0.25, 0.3) is 0 Å². The fraction of sp³-hybridized carbons (Fsp3) is 0.417. The predicted molar refractivity (Wildman–Crippen MR) is 65.8 cm³/mol. The van der Waals surface area contributed by atoms with Gasteiger partial charge < -0.3 is 14.2 Å². The Balaban J connectivity index is 2.66. The lowest BCUT2D eigenvalue weighted by Crippen LogP contribution is -2.26. The van der Waals surface area contributed by atoms with Crippen LogP contribution in [0.15, 0.2) is 10.5 Å². The first-order chi connectivity index (χ1) is 8.08. The van der Waals surface area contributed by atoms with Crippen LogP contribution in [0, 0.1) is 0 Å². The van der Waals surface area contributed by atoms with Gasteiger partial charge in [-0.3, -0.25) is 0 Å². The first-order valence-electron chi connectivity index (χ1n) is 5.22. The molecule has 1 heterocycles. The average molecular weight is 301 g/mol. The molecule has 2 rings (SSSR count). The maximum absolute atomic E-state index is 11.9. The molecule has 1 atom stereocenters. The van der Waals surface area contributed by atoms with Gasteiger partial charge in [0.05, 0.1) is 14.2 Å². The van der Waals surface area contributed by atoms with Gasteiger partial charge in [0.2, 0.25) is 0 Å². The number of cyclic esters (lactones) is 1. The SMILES string of the molecule is COc1cc2c(c(OC)c1Br)C(=O)O[C@H](C)C2. The summed E-state index contributed by atoms with van der Waals surface area (Å²) in [4.78, 5) is 11.9. The second-order valence-electron chi connectivity index (χ2n) is 3.88. The summed E-state index contributed by atoms with van der Waals surface area (Å²) in [7, 11) is 3.10. The van der Waals surface area contributed by atoms with Crippen LogP contribution in [0.4, 0.5) is 0 Å². The highest BCUT2D eigenvalue weighted by molar-refractivity contribution is 9.10. The van der Waals surface area contributed by atoms with Crippen LogP contribution in [-0.4, -0.2) is 26.3 Å². The highest BCUT2D eigenvalue weighted by Gasteiger charge is 2.30. The molecular weight excluding hydrogens is 288 g/mol. The van der Waals surface area contributed by atoms with E-state index in [-0.39, 0.29) is 12.1 Å². The fourth-order valence-electron chi connectivity index (χ4n) is 1.98. The summed E-state index contributed by atoms with van der Waals surface area (Å²) in [6, 6.07) is 1.85. The van der Waals surface area contributed by atoms with Crippen molar-refractivity contribution in [3.05, 3.63) is 21.7 Å². The predicted octanol–water partition coefficient (Wildman–Crippen LogP) is 2.57. The molecule has 0 radical (unpaired) electrons. The molecule has 17 heavy (non-hydrogen) atoms. The molecule has 0 saturated carbocycles. The third-order valence-electron chi connectivity index (χ3n) is 2.71. The number of hydrogen-bond acceptors (Lipinski definition) is 4. The van der Waals surface area contributed by atoms with Gasteiger partial charge >= 0.3 is 5.97 Å². The van der Waals surface area contributed by atoms with E-state index in [1.54, 1.807) is 7.11 Å². The number of methoxy groups -OCH3 is 2. The van der Waals surface area contributed by atoms with E-state index >= 15 is 0 Å². The van der Waals surface area contributed by atoms with Crippen LogP contribution in [0.2, 0.25) is 0 Å². The monoisotopic (exact) mass is 300 g/mol. The number of carbonyl (C=O) groups excluding carboxylic acids is 1. The molecule has 0 spiro atoms. The molecule has 0 N–H and O–H groups in total. The zero-order chi connectivity index (χ0) is 12.6. The minimum atomic E-state index is -0.348. The molecule has 5 heteroatoms. The molecule has 0 aliphatic carbocycles. The Morgan fingerprint density at radius 1 is 1.41 bits per heavy atom. The lowest BCUT2D eigenvalue weighted by molar-refractivity contribution is 0.0296. The van der Waals surface area contributed by atoms with Gasteiger partial charge in [-0.2, -0.15) is 0 Å². The summed E-state index contributed by atoms with van der Waals surface area (Å²) < 4.78 is 16.3. The number of hydrogen-bond donors (Lipinski definition) is 0. The van der Waals surface area contributed by atoms with E-state index in [4.69, 9.17) is 14.2 Å². The lowest BCUT2D eigenvalue weighted by atomic mass is 9.98. The highest BCUT2D eigenvalue weighted by atomic mass is 79.9. The van der Waals surface area contributed by atoms with Crippen molar-refractivity contribution in [1.29, 1.82) is 0 Å². The van der Waals surface area contributed by atoms with Gasteiger partial charge in [-0.05, 0) is 34.5 Å². The summed E-state index contributed by atoms with van der Waals surface area (Å²) in [5, 5.41) is 0. The Morgan fingerprint density at radius 3 is 2.71 bits per heavy atom. The Labute approximate surface area is 108 Å². The lowest BCUT2D eigenvalue weighted by Gasteiger charge is -2.24. The molecule has 1 aliphatic heterocycles. The standard InChI is InChI=1S/C12H13BrO4/c1-6-4-7-5-8(15-2)10(13)11(16-3)9(7)12(14)17-6/h5-6H,4H2,1-3H3/t6-/m1/s1. The molecule has 1 aliphatic rings. The molecule has 0 fully saturated rings. The van der Waals surface area contributed by atoms with Crippen molar-refractivity contribution in [3.63, 3.8) is 0 Å². The van der Waals surface area contributed by atoms with Crippen molar-refractivity contribution in [2.75, 3.05) is 14.2 Å². The van der Waals surface area contributed by atoms with Crippen LogP contribution in [0.3, 0.4) is 0 Å². The summed E-state index contributed by atoms with van der Waals surface area (Å²) in [6.45, 7) is 1.86. The van der Waals surface area contributed by atoms with Crippen LogP contribution in [0.5, 0.6) is 11.5 Å². The molecule has 1 aromatic rings. The van der Waals surface area contributed by atoms with E-state index in [1.807, 2.05) is 13.0 Å². The Hall–Kier alpha value is -1.23. The van der Waals surface area contributed by atoms with Gasteiger partial charge in [0, 0.05) is 6.42 Å². The van der Waals surface area contributed by atoms with Crippen LogP contribution in [0.1, 0.15) is 22.8 Å². The molecule has 0 bridgehead atoms. The van der Waals surface area contributed by atoms with E-state index in [0.717, 1.165) is 5.56 Å². The van der Waals surface area contributed by atoms with Crippen LogP contribution in [0.25, 0.3) is 0 Å².